The lowest BCUT2D eigenvalue weighted by Gasteiger charge is -2.41. The molecular formula is C25H32O9. The maximum absolute atomic E-state index is 11.4. The molecule has 5 atom stereocenters. The molecule has 1 aliphatic heterocycles. The molecule has 0 saturated carbocycles. The van der Waals surface area contributed by atoms with Crippen LogP contribution < -0.4 is 4.74 Å². The fourth-order valence-electron chi connectivity index (χ4n) is 3.84. The summed E-state index contributed by atoms with van der Waals surface area (Å²) < 4.78 is 22.0. The summed E-state index contributed by atoms with van der Waals surface area (Å²) in [6, 6.07) is 13.5. The maximum atomic E-state index is 11.4. The summed E-state index contributed by atoms with van der Waals surface area (Å²) in [5, 5.41) is 39.7. The molecule has 9 nitrogen and oxygen atoms in total. The molecule has 3 rings (SSSR count). The smallest absolute Gasteiger partial charge is 0.331 e. The molecule has 1 heterocycles. The van der Waals surface area contributed by atoms with Gasteiger partial charge in [0.05, 0.1) is 6.61 Å². The van der Waals surface area contributed by atoms with E-state index in [-0.39, 0.29) is 13.2 Å². The number of hydrogen-bond acceptors (Lipinski definition) is 9. The van der Waals surface area contributed by atoms with Gasteiger partial charge in [-0.2, -0.15) is 0 Å². The van der Waals surface area contributed by atoms with Gasteiger partial charge in [-0.15, -0.1) is 0 Å². The van der Waals surface area contributed by atoms with Crippen molar-refractivity contribution in [1.29, 1.82) is 0 Å². The number of ether oxygens (including phenoxy) is 4. The second-order valence-electron chi connectivity index (χ2n) is 8.13. The number of carbonyl (C=O) groups excluding carboxylic acids is 1. The normalized spacial score (nSPS) is 24.6. The van der Waals surface area contributed by atoms with Gasteiger partial charge < -0.3 is 39.4 Å². The third-order valence-corrected chi connectivity index (χ3v) is 5.83. The van der Waals surface area contributed by atoms with Gasteiger partial charge in [0.2, 0.25) is 6.29 Å². The molecule has 1 aliphatic rings. The second kappa shape index (κ2) is 12.3. The van der Waals surface area contributed by atoms with E-state index in [9.17, 15) is 20.1 Å². The highest BCUT2D eigenvalue weighted by Gasteiger charge is 2.46. The van der Waals surface area contributed by atoms with Crippen LogP contribution in [-0.2, 0) is 38.5 Å². The van der Waals surface area contributed by atoms with Crippen molar-refractivity contribution in [3.8, 4) is 5.75 Å². The van der Waals surface area contributed by atoms with Crippen LogP contribution in [0.15, 0.2) is 42.5 Å². The van der Waals surface area contributed by atoms with Crippen LogP contribution >= 0.6 is 0 Å². The summed E-state index contributed by atoms with van der Waals surface area (Å²) in [7, 11) is 1.33. The first kappa shape index (κ1) is 26.1. The van der Waals surface area contributed by atoms with E-state index in [1.54, 1.807) is 12.1 Å². The van der Waals surface area contributed by atoms with Crippen molar-refractivity contribution in [3.63, 3.8) is 0 Å². The van der Waals surface area contributed by atoms with Gasteiger partial charge in [-0.25, -0.2) is 4.79 Å². The lowest BCUT2D eigenvalue weighted by Crippen LogP contribution is -2.61. The Hall–Kier alpha value is -2.53. The molecule has 0 aliphatic carbocycles. The molecule has 34 heavy (non-hydrogen) atoms. The lowest BCUT2D eigenvalue weighted by molar-refractivity contribution is -0.283. The Morgan fingerprint density at radius 1 is 1.00 bits per heavy atom. The fourth-order valence-corrected chi connectivity index (χ4v) is 3.84. The SMILES string of the molecule is CCc1ccc(Cc2ccc(CO)cc2O[C@H]2O[C@H](COC(=O)CO)[C@@H](OC)[C@H](O)[C@H]2O)cc1. The third-order valence-electron chi connectivity index (χ3n) is 5.83. The van der Waals surface area contributed by atoms with Crippen molar-refractivity contribution >= 4 is 5.97 Å². The molecule has 2 aromatic rings. The Labute approximate surface area is 198 Å². The van der Waals surface area contributed by atoms with E-state index in [0.29, 0.717) is 17.7 Å². The summed E-state index contributed by atoms with van der Waals surface area (Å²) in [6.07, 6.45) is -4.59. The minimum Gasteiger partial charge on any atom is -0.462 e. The molecule has 0 amide bonds. The van der Waals surface area contributed by atoms with Gasteiger partial charge in [-0.1, -0.05) is 43.3 Å². The summed E-state index contributed by atoms with van der Waals surface area (Å²) in [4.78, 5) is 11.4. The highest BCUT2D eigenvalue weighted by atomic mass is 16.7. The fraction of sp³-hybridized carbons (Fsp3) is 0.480. The minimum absolute atomic E-state index is 0.204. The van der Waals surface area contributed by atoms with Crippen molar-refractivity contribution < 1.29 is 44.2 Å². The molecule has 1 fully saturated rings. The van der Waals surface area contributed by atoms with Gasteiger partial charge in [-0.05, 0) is 34.7 Å². The van der Waals surface area contributed by atoms with Gasteiger partial charge in [0, 0.05) is 13.5 Å². The number of aryl methyl sites for hydroxylation is 1. The molecule has 0 bridgehead atoms. The van der Waals surface area contributed by atoms with Gasteiger partial charge in [0.1, 0.15) is 43.4 Å². The molecule has 1 saturated heterocycles. The van der Waals surface area contributed by atoms with E-state index in [4.69, 9.17) is 24.1 Å². The maximum Gasteiger partial charge on any atom is 0.331 e. The minimum atomic E-state index is -1.45. The monoisotopic (exact) mass is 476 g/mol. The number of aliphatic hydroxyl groups excluding tert-OH is 4. The third kappa shape index (κ3) is 6.32. The average molecular weight is 477 g/mol. The summed E-state index contributed by atoms with van der Waals surface area (Å²) in [5.41, 5.74) is 3.68. The second-order valence-corrected chi connectivity index (χ2v) is 8.13. The van der Waals surface area contributed by atoms with E-state index < -0.39 is 43.3 Å². The van der Waals surface area contributed by atoms with E-state index in [2.05, 4.69) is 19.1 Å². The number of rotatable bonds is 10. The molecular weight excluding hydrogens is 444 g/mol. The lowest BCUT2D eigenvalue weighted by atomic mass is 9.98. The van der Waals surface area contributed by atoms with Crippen LogP contribution in [0.1, 0.15) is 29.2 Å². The molecule has 9 heteroatoms. The summed E-state index contributed by atoms with van der Waals surface area (Å²) in [6.45, 7) is 0.773. The summed E-state index contributed by atoms with van der Waals surface area (Å²) >= 11 is 0. The van der Waals surface area contributed by atoms with Crippen molar-refractivity contribution in [2.75, 3.05) is 20.3 Å². The Morgan fingerprint density at radius 3 is 2.29 bits per heavy atom. The van der Waals surface area contributed by atoms with Crippen molar-refractivity contribution in [2.45, 2.75) is 57.1 Å². The van der Waals surface area contributed by atoms with Crippen LogP contribution in [0.2, 0.25) is 0 Å². The first-order valence-electron chi connectivity index (χ1n) is 11.2. The first-order chi connectivity index (χ1) is 16.4. The first-order valence-corrected chi connectivity index (χ1v) is 11.2. The van der Waals surface area contributed by atoms with E-state index in [0.717, 1.165) is 17.5 Å². The Bertz CT molecular complexity index is 930. The van der Waals surface area contributed by atoms with Crippen LogP contribution in [0, 0.1) is 0 Å². The van der Waals surface area contributed by atoms with Crippen LogP contribution in [0.25, 0.3) is 0 Å². The van der Waals surface area contributed by atoms with Crippen LogP contribution in [0.5, 0.6) is 5.75 Å². The average Bonchev–Trinajstić information content (AvgIpc) is 2.86. The topological polar surface area (TPSA) is 135 Å². The van der Waals surface area contributed by atoms with Crippen molar-refractivity contribution in [2.24, 2.45) is 0 Å². The molecule has 0 spiro atoms. The van der Waals surface area contributed by atoms with E-state index in [1.807, 2.05) is 18.2 Å². The van der Waals surface area contributed by atoms with E-state index in [1.165, 1.54) is 12.7 Å². The largest absolute Gasteiger partial charge is 0.462 e. The molecule has 0 radical (unpaired) electrons. The van der Waals surface area contributed by atoms with Gasteiger partial charge in [-0.3, -0.25) is 0 Å². The predicted octanol–water partition coefficient (Wildman–Crippen LogP) is 0.708. The Morgan fingerprint density at radius 2 is 1.68 bits per heavy atom. The zero-order valence-corrected chi connectivity index (χ0v) is 19.3. The number of methoxy groups -OCH3 is 1. The molecule has 4 N–H and O–H groups in total. The standard InChI is InChI=1S/C25H32O9/c1-3-15-4-6-16(7-5-15)10-18-9-8-17(12-26)11-19(18)33-25-23(30)22(29)24(31-2)20(34-25)14-32-21(28)13-27/h4-9,11,20,22-27,29-30H,3,10,12-14H2,1-2H3/t20-,22-,23-,24-,25+/m1/s1. The summed E-state index contributed by atoms with van der Waals surface area (Å²) in [5.74, 6) is -0.479. The number of hydrogen-bond donors (Lipinski definition) is 4. The quantitative estimate of drug-likeness (QED) is 0.366. The van der Waals surface area contributed by atoms with Gasteiger partial charge in [0.25, 0.3) is 0 Å². The highest BCUT2D eigenvalue weighted by molar-refractivity contribution is 5.70. The van der Waals surface area contributed by atoms with Gasteiger partial charge >= 0.3 is 5.97 Å². The van der Waals surface area contributed by atoms with Crippen molar-refractivity contribution in [1.82, 2.24) is 0 Å². The molecule has 0 aromatic heterocycles. The van der Waals surface area contributed by atoms with Crippen LogP contribution in [-0.4, -0.2) is 77.4 Å². The molecule has 186 valence electrons. The number of carbonyl (C=O) groups is 1. The zero-order valence-electron chi connectivity index (χ0n) is 19.3. The number of esters is 1. The zero-order chi connectivity index (χ0) is 24.7. The number of aliphatic hydroxyl groups is 4. The predicted molar refractivity (Wildman–Crippen MR) is 121 cm³/mol. The molecule has 2 aromatic carbocycles. The van der Waals surface area contributed by atoms with E-state index >= 15 is 0 Å². The highest BCUT2D eigenvalue weighted by Crippen LogP contribution is 2.30. The Kier molecular flexibility index (Phi) is 9.40. The molecule has 0 unspecified atom stereocenters. The van der Waals surface area contributed by atoms with Crippen LogP contribution in [0.4, 0.5) is 0 Å². The van der Waals surface area contributed by atoms with Gasteiger partial charge in [0.15, 0.2) is 0 Å². The number of benzene rings is 2. The van der Waals surface area contributed by atoms with Crippen LogP contribution in [0.3, 0.4) is 0 Å². The van der Waals surface area contributed by atoms with Crippen molar-refractivity contribution in [3.05, 3.63) is 64.7 Å². The Balaban J connectivity index is 1.82.